The summed E-state index contributed by atoms with van der Waals surface area (Å²) in [5.41, 5.74) is 2.41. The fourth-order valence-corrected chi connectivity index (χ4v) is 1.99. The number of hydrogen-bond donors (Lipinski definition) is 1. The Morgan fingerprint density at radius 3 is 3.00 bits per heavy atom. The first-order valence-electron chi connectivity index (χ1n) is 4.87. The Bertz CT molecular complexity index is 276. The van der Waals surface area contributed by atoms with Gasteiger partial charge in [0.2, 0.25) is 0 Å². The van der Waals surface area contributed by atoms with Gasteiger partial charge in [-0.15, -0.1) is 0 Å². The fraction of sp³-hybridized carbons (Fsp3) is 0.545. The van der Waals surface area contributed by atoms with Crippen molar-refractivity contribution in [1.82, 2.24) is 4.98 Å². The van der Waals surface area contributed by atoms with Gasteiger partial charge < -0.3 is 5.32 Å². The van der Waals surface area contributed by atoms with Gasteiger partial charge in [-0.1, -0.05) is 6.92 Å². The molecule has 0 spiro atoms. The van der Waals surface area contributed by atoms with Crippen LogP contribution in [0.5, 0.6) is 0 Å². The second-order valence-corrected chi connectivity index (χ2v) is 4.54. The standard InChI is InChI=1S/C11H18N2S/c1-9(8-14-3)6-13-11-4-5-12-7-10(11)2/h4-5,7,9H,6,8H2,1-3H3,(H,12,13). The lowest BCUT2D eigenvalue weighted by molar-refractivity contribution is 0.701. The monoisotopic (exact) mass is 210 g/mol. The van der Waals surface area contributed by atoms with Crippen molar-refractivity contribution in [2.75, 3.05) is 23.9 Å². The molecule has 1 aromatic heterocycles. The van der Waals surface area contributed by atoms with E-state index in [2.05, 4.69) is 30.4 Å². The van der Waals surface area contributed by atoms with Crippen molar-refractivity contribution in [3.63, 3.8) is 0 Å². The lowest BCUT2D eigenvalue weighted by atomic mass is 10.2. The Labute approximate surface area is 90.5 Å². The van der Waals surface area contributed by atoms with Gasteiger partial charge in [0, 0.05) is 24.6 Å². The highest BCUT2D eigenvalue weighted by Crippen LogP contribution is 2.13. The summed E-state index contributed by atoms with van der Waals surface area (Å²) in [7, 11) is 0. The van der Waals surface area contributed by atoms with Gasteiger partial charge in [0.25, 0.3) is 0 Å². The van der Waals surface area contributed by atoms with Crippen molar-refractivity contribution in [1.29, 1.82) is 0 Å². The normalized spacial score (nSPS) is 12.5. The van der Waals surface area contributed by atoms with E-state index in [1.54, 1.807) is 0 Å². The van der Waals surface area contributed by atoms with Gasteiger partial charge in [0.05, 0.1) is 0 Å². The molecule has 0 amide bonds. The van der Waals surface area contributed by atoms with Crippen molar-refractivity contribution < 1.29 is 0 Å². The third kappa shape index (κ3) is 3.58. The first-order chi connectivity index (χ1) is 6.74. The number of thioether (sulfide) groups is 1. The molecule has 0 aliphatic rings. The van der Waals surface area contributed by atoms with E-state index in [9.17, 15) is 0 Å². The van der Waals surface area contributed by atoms with E-state index in [0.717, 1.165) is 6.54 Å². The van der Waals surface area contributed by atoms with Crippen LogP contribution in [0, 0.1) is 12.8 Å². The van der Waals surface area contributed by atoms with Gasteiger partial charge in [0.1, 0.15) is 0 Å². The number of hydrogen-bond acceptors (Lipinski definition) is 3. The van der Waals surface area contributed by atoms with Crippen molar-refractivity contribution in [3.05, 3.63) is 24.0 Å². The van der Waals surface area contributed by atoms with Crippen LogP contribution in [0.2, 0.25) is 0 Å². The molecule has 0 aliphatic heterocycles. The minimum atomic E-state index is 0.706. The molecule has 0 aromatic carbocycles. The molecule has 1 unspecified atom stereocenters. The SMILES string of the molecule is CSCC(C)CNc1ccncc1C. The van der Waals surface area contributed by atoms with Crippen LogP contribution < -0.4 is 5.32 Å². The predicted molar refractivity (Wildman–Crippen MR) is 65.0 cm³/mol. The number of nitrogens with one attached hydrogen (secondary N) is 1. The second kappa shape index (κ2) is 5.91. The fourth-order valence-electron chi connectivity index (χ4n) is 1.30. The average molecular weight is 210 g/mol. The van der Waals surface area contributed by atoms with Gasteiger partial charge in [-0.3, -0.25) is 4.98 Å². The summed E-state index contributed by atoms with van der Waals surface area (Å²) >= 11 is 1.90. The minimum Gasteiger partial charge on any atom is -0.384 e. The number of rotatable bonds is 5. The highest BCUT2D eigenvalue weighted by Gasteiger charge is 2.01. The third-order valence-corrected chi connectivity index (χ3v) is 3.01. The molecule has 1 rings (SSSR count). The zero-order valence-electron chi connectivity index (χ0n) is 9.08. The lowest BCUT2D eigenvalue weighted by Crippen LogP contribution is -2.13. The van der Waals surface area contributed by atoms with Gasteiger partial charge in [-0.2, -0.15) is 11.8 Å². The Kier molecular flexibility index (Phi) is 4.80. The predicted octanol–water partition coefficient (Wildman–Crippen LogP) is 2.80. The molecule has 0 saturated heterocycles. The van der Waals surface area contributed by atoms with Crippen LogP contribution in [0.3, 0.4) is 0 Å². The molecule has 3 heteroatoms. The van der Waals surface area contributed by atoms with Gasteiger partial charge in [-0.05, 0) is 36.5 Å². The van der Waals surface area contributed by atoms with Crippen molar-refractivity contribution >= 4 is 17.4 Å². The summed E-state index contributed by atoms with van der Waals surface area (Å²) in [6, 6.07) is 2.03. The van der Waals surface area contributed by atoms with Crippen LogP contribution in [-0.4, -0.2) is 23.5 Å². The molecule has 0 bridgehead atoms. The van der Waals surface area contributed by atoms with Crippen LogP contribution in [0.25, 0.3) is 0 Å². The quantitative estimate of drug-likeness (QED) is 0.809. The first-order valence-corrected chi connectivity index (χ1v) is 6.27. The lowest BCUT2D eigenvalue weighted by Gasteiger charge is -2.13. The molecule has 1 aromatic rings. The summed E-state index contributed by atoms with van der Waals surface area (Å²) < 4.78 is 0. The van der Waals surface area contributed by atoms with E-state index < -0.39 is 0 Å². The molecule has 14 heavy (non-hydrogen) atoms. The molecule has 78 valence electrons. The maximum Gasteiger partial charge on any atom is 0.0400 e. The highest BCUT2D eigenvalue weighted by atomic mass is 32.2. The zero-order valence-corrected chi connectivity index (χ0v) is 9.90. The summed E-state index contributed by atoms with van der Waals surface area (Å²) in [6.07, 6.45) is 5.87. The molecule has 1 heterocycles. The molecular weight excluding hydrogens is 192 g/mol. The number of nitrogens with zero attached hydrogens (tertiary/aromatic N) is 1. The molecule has 0 saturated carbocycles. The summed E-state index contributed by atoms with van der Waals surface area (Å²) in [5, 5.41) is 3.44. The van der Waals surface area contributed by atoms with Crippen molar-refractivity contribution in [3.8, 4) is 0 Å². The van der Waals surface area contributed by atoms with E-state index in [0.29, 0.717) is 5.92 Å². The smallest absolute Gasteiger partial charge is 0.0400 e. The van der Waals surface area contributed by atoms with E-state index in [1.165, 1.54) is 17.0 Å². The molecule has 1 atom stereocenters. The Hall–Kier alpha value is -0.700. The maximum absolute atomic E-state index is 4.06. The molecule has 2 nitrogen and oxygen atoms in total. The Morgan fingerprint density at radius 2 is 2.36 bits per heavy atom. The van der Waals surface area contributed by atoms with Crippen LogP contribution in [0.4, 0.5) is 5.69 Å². The summed E-state index contributed by atoms with van der Waals surface area (Å²) in [5.74, 6) is 1.91. The maximum atomic E-state index is 4.06. The number of anilines is 1. The van der Waals surface area contributed by atoms with E-state index in [1.807, 2.05) is 30.2 Å². The van der Waals surface area contributed by atoms with Crippen molar-refractivity contribution in [2.24, 2.45) is 5.92 Å². The number of pyridine rings is 1. The molecule has 1 N–H and O–H groups in total. The largest absolute Gasteiger partial charge is 0.384 e. The topological polar surface area (TPSA) is 24.9 Å². The number of aromatic nitrogens is 1. The summed E-state index contributed by atoms with van der Waals surface area (Å²) in [6.45, 7) is 5.38. The van der Waals surface area contributed by atoms with Gasteiger partial charge in [0.15, 0.2) is 0 Å². The third-order valence-electron chi connectivity index (χ3n) is 2.11. The second-order valence-electron chi connectivity index (χ2n) is 3.63. The van der Waals surface area contributed by atoms with Gasteiger partial charge in [-0.25, -0.2) is 0 Å². The Balaban J connectivity index is 2.41. The molecular formula is C11H18N2S. The van der Waals surface area contributed by atoms with E-state index >= 15 is 0 Å². The van der Waals surface area contributed by atoms with Gasteiger partial charge >= 0.3 is 0 Å². The minimum absolute atomic E-state index is 0.706. The Morgan fingerprint density at radius 1 is 1.57 bits per heavy atom. The summed E-state index contributed by atoms with van der Waals surface area (Å²) in [4.78, 5) is 4.06. The molecule has 0 radical (unpaired) electrons. The van der Waals surface area contributed by atoms with E-state index in [4.69, 9.17) is 0 Å². The average Bonchev–Trinajstić information content (AvgIpc) is 2.17. The highest BCUT2D eigenvalue weighted by molar-refractivity contribution is 7.98. The number of aryl methyl sites for hydroxylation is 1. The van der Waals surface area contributed by atoms with E-state index in [-0.39, 0.29) is 0 Å². The van der Waals surface area contributed by atoms with Crippen LogP contribution in [-0.2, 0) is 0 Å². The van der Waals surface area contributed by atoms with Crippen molar-refractivity contribution in [2.45, 2.75) is 13.8 Å². The first kappa shape index (κ1) is 11.4. The molecule has 0 aliphatic carbocycles. The molecule has 0 fully saturated rings. The van der Waals surface area contributed by atoms with Crippen LogP contribution in [0.15, 0.2) is 18.5 Å². The van der Waals surface area contributed by atoms with Crippen LogP contribution in [0.1, 0.15) is 12.5 Å². The zero-order chi connectivity index (χ0) is 10.4. The van der Waals surface area contributed by atoms with Crippen LogP contribution >= 0.6 is 11.8 Å².